The fourth-order valence-corrected chi connectivity index (χ4v) is 3.91. The van der Waals surface area contributed by atoms with Crippen LogP contribution in [-0.4, -0.2) is 29.2 Å². The Balaban J connectivity index is 1.74. The fraction of sp³-hybridized carbons (Fsp3) is 0.0588. The number of aromatic nitrogens is 5. The van der Waals surface area contributed by atoms with Crippen molar-refractivity contribution in [1.29, 1.82) is 0 Å². The summed E-state index contributed by atoms with van der Waals surface area (Å²) in [5.41, 5.74) is 4.27. The number of nitrogens with zero attached hydrogens (tertiary/aromatic N) is 4. The highest BCUT2D eigenvalue weighted by Crippen LogP contribution is 2.23. The summed E-state index contributed by atoms with van der Waals surface area (Å²) in [6.07, 6.45) is 3.48. The lowest BCUT2D eigenvalue weighted by atomic mass is 10.1. The van der Waals surface area contributed by atoms with E-state index in [1.54, 1.807) is 12.7 Å². The van der Waals surface area contributed by atoms with E-state index in [9.17, 15) is 0 Å². The third kappa shape index (κ3) is 2.70. The summed E-state index contributed by atoms with van der Waals surface area (Å²) >= 11 is -0.196. The van der Waals surface area contributed by atoms with Gasteiger partial charge in [-0.05, 0) is 29.8 Å². The molecule has 0 unspecified atom stereocenters. The molecule has 5 nitrogen and oxygen atoms in total. The number of fused-ring (bicyclic) bond motifs is 1. The number of benzene rings is 2. The highest BCUT2D eigenvalue weighted by Gasteiger charge is 2.10. The van der Waals surface area contributed by atoms with E-state index in [0.29, 0.717) is 0 Å². The van der Waals surface area contributed by atoms with Gasteiger partial charge in [0.1, 0.15) is 6.33 Å². The molecule has 0 radical (unpaired) electrons. The average Bonchev–Trinajstić information content (AvgIpc) is 3.23. The molecule has 6 heteroatoms. The second-order valence-electron chi connectivity index (χ2n) is 5.14. The van der Waals surface area contributed by atoms with Gasteiger partial charge in [0, 0.05) is 9.13 Å². The summed E-state index contributed by atoms with van der Waals surface area (Å²) in [6.45, 7) is 0.759. The Kier molecular flexibility index (Phi) is 3.74. The van der Waals surface area contributed by atoms with Crippen molar-refractivity contribution in [2.24, 2.45) is 0 Å². The van der Waals surface area contributed by atoms with Gasteiger partial charge in [-0.3, -0.25) is 0 Å². The van der Waals surface area contributed by atoms with Gasteiger partial charge >= 0.3 is 0 Å². The molecular formula is C17H14IN5. The number of halogens is 1. The predicted octanol–water partition coefficient (Wildman–Crippen LogP) is 3.44. The van der Waals surface area contributed by atoms with E-state index in [1.165, 1.54) is 9.13 Å². The van der Waals surface area contributed by atoms with Crippen LogP contribution in [0.1, 0.15) is 5.56 Å². The zero-order valence-electron chi connectivity index (χ0n) is 12.3. The minimum absolute atomic E-state index is 0.196. The molecule has 2 heterocycles. The molecule has 0 fully saturated rings. The smallest absolute Gasteiger partial charge is 0.164 e. The van der Waals surface area contributed by atoms with Gasteiger partial charge < -0.3 is 9.55 Å². The predicted molar refractivity (Wildman–Crippen MR) is 100 cm³/mol. The first-order chi connectivity index (χ1) is 11.3. The maximum absolute atomic E-state index is 4.30. The van der Waals surface area contributed by atoms with Crippen molar-refractivity contribution >= 4 is 36.3 Å². The summed E-state index contributed by atoms with van der Waals surface area (Å²) in [4.78, 5) is 7.39. The Morgan fingerprint density at radius 1 is 1.17 bits per heavy atom. The van der Waals surface area contributed by atoms with Crippen LogP contribution in [0.4, 0.5) is 0 Å². The van der Waals surface area contributed by atoms with Crippen molar-refractivity contribution in [2.75, 3.05) is 0 Å². The monoisotopic (exact) mass is 415 g/mol. The van der Waals surface area contributed by atoms with Gasteiger partial charge in [-0.1, -0.05) is 43.4 Å². The van der Waals surface area contributed by atoms with Crippen LogP contribution in [0.25, 0.3) is 22.4 Å². The van der Waals surface area contributed by atoms with Crippen LogP contribution in [0.15, 0.2) is 55.1 Å². The van der Waals surface area contributed by atoms with E-state index in [-0.39, 0.29) is 20.7 Å². The molecule has 0 aliphatic carbocycles. The lowest BCUT2D eigenvalue weighted by Gasteiger charge is -2.09. The molecule has 0 amide bonds. The summed E-state index contributed by atoms with van der Waals surface area (Å²) in [7, 11) is 0. The molecule has 0 spiro atoms. The van der Waals surface area contributed by atoms with Crippen LogP contribution in [0.5, 0.6) is 0 Å². The molecule has 23 heavy (non-hydrogen) atoms. The average molecular weight is 415 g/mol. The Labute approximate surface area is 143 Å². The van der Waals surface area contributed by atoms with Crippen molar-refractivity contribution < 1.29 is 0 Å². The summed E-state index contributed by atoms with van der Waals surface area (Å²) in [5.74, 6) is 0.860. The van der Waals surface area contributed by atoms with E-state index < -0.39 is 0 Å². The third-order valence-electron chi connectivity index (χ3n) is 3.74. The molecule has 4 rings (SSSR count). The first-order valence-electron chi connectivity index (χ1n) is 7.13. The van der Waals surface area contributed by atoms with E-state index in [2.05, 4.69) is 59.6 Å². The number of imidazole rings is 1. The van der Waals surface area contributed by atoms with E-state index in [0.717, 1.165) is 29.0 Å². The van der Waals surface area contributed by atoms with Crippen molar-refractivity contribution in [3.63, 3.8) is 0 Å². The number of rotatable bonds is 4. The maximum Gasteiger partial charge on any atom is 0.164 e. The first-order valence-corrected chi connectivity index (χ1v) is 9.73. The molecule has 0 saturated carbocycles. The van der Waals surface area contributed by atoms with E-state index >= 15 is 0 Å². The van der Waals surface area contributed by atoms with Crippen LogP contribution in [0.2, 0.25) is 0 Å². The van der Waals surface area contributed by atoms with E-state index in [4.69, 9.17) is 0 Å². The van der Waals surface area contributed by atoms with Crippen LogP contribution in [-0.2, 0) is 6.54 Å². The lowest BCUT2D eigenvalue weighted by Crippen LogP contribution is -2.02. The summed E-state index contributed by atoms with van der Waals surface area (Å²) < 4.78 is 7.55. The number of hydrogen-bond acceptors (Lipinski definition) is 3. The topological polar surface area (TPSA) is 59.4 Å². The normalized spacial score (nSPS) is 11.1. The minimum atomic E-state index is -0.196. The number of aromatic amines is 1. The van der Waals surface area contributed by atoms with Gasteiger partial charge in [-0.15, -0.1) is 10.2 Å². The largest absolute Gasteiger partial charge is 0.345 e. The molecule has 0 aliphatic rings. The fourth-order valence-electron chi connectivity index (χ4n) is 2.61. The zero-order chi connectivity index (χ0) is 15.6. The summed E-state index contributed by atoms with van der Waals surface area (Å²) in [6, 6.07) is 14.5. The lowest BCUT2D eigenvalue weighted by molar-refractivity contribution is 0.799. The highest BCUT2D eigenvalue weighted by atomic mass is 127. The molecule has 0 saturated heterocycles. The Bertz CT molecular complexity index is 985. The van der Waals surface area contributed by atoms with Crippen molar-refractivity contribution in [3.05, 3.63) is 64.3 Å². The molecule has 114 valence electrons. The van der Waals surface area contributed by atoms with Gasteiger partial charge in [0.25, 0.3) is 0 Å². The zero-order valence-corrected chi connectivity index (χ0v) is 14.4. The van der Waals surface area contributed by atoms with Gasteiger partial charge in [-0.25, -0.2) is 4.98 Å². The van der Waals surface area contributed by atoms with Crippen LogP contribution < -0.4 is 0 Å². The SMILES string of the molecule is C=Ic1ccccc1Cn1cnnc1-c1ccc2nc[nH]c2c1. The number of H-pyrrole nitrogens is 1. The molecule has 0 bridgehead atoms. The van der Waals surface area contributed by atoms with Gasteiger partial charge in [0.05, 0.1) is 23.9 Å². The van der Waals surface area contributed by atoms with Crippen LogP contribution in [0, 0.1) is 3.57 Å². The van der Waals surface area contributed by atoms with Gasteiger partial charge in [0.15, 0.2) is 5.82 Å². The quantitative estimate of drug-likeness (QED) is 0.520. The molecule has 2 aromatic carbocycles. The first kappa shape index (κ1) is 14.3. The van der Waals surface area contributed by atoms with Gasteiger partial charge in [-0.2, -0.15) is 0 Å². The van der Waals surface area contributed by atoms with Crippen LogP contribution in [0.3, 0.4) is 0 Å². The molecular weight excluding hydrogens is 401 g/mol. The van der Waals surface area contributed by atoms with Crippen molar-refractivity contribution in [3.8, 4) is 11.4 Å². The second kappa shape index (κ2) is 6.04. The standard InChI is InChI=1S/C17H14IN5/c1-18-14-5-3-2-4-13(14)9-23-11-21-22-17(23)12-6-7-15-16(8-12)20-10-19-15/h2-8,10-11H,1,9H2,(H,19,20). The molecule has 0 aliphatic heterocycles. The van der Waals surface area contributed by atoms with Crippen LogP contribution >= 0.6 is 20.7 Å². The Hall–Kier alpha value is -2.35. The molecule has 4 aromatic rings. The maximum atomic E-state index is 4.30. The van der Waals surface area contributed by atoms with Crippen molar-refractivity contribution in [2.45, 2.75) is 6.54 Å². The van der Waals surface area contributed by atoms with Gasteiger partial charge in [0.2, 0.25) is 0 Å². The molecule has 0 atom stereocenters. The second-order valence-corrected chi connectivity index (χ2v) is 7.07. The highest BCUT2D eigenvalue weighted by molar-refractivity contribution is 14.2. The summed E-state index contributed by atoms with van der Waals surface area (Å²) in [5, 5.41) is 8.40. The number of hydrogen-bond donors (Lipinski definition) is 1. The Morgan fingerprint density at radius 2 is 2.09 bits per heavy atom. The van der Waals surface area contributed by atoms with Crippen molar-refractivity contribution in [1.82, 2.24) is 24.7 Å². The Morgan fingerprint density at radius 3 is 3.00 bits per heavy atom. The van der Waals surface area contributed by atoms with E-state index in [1.807, 2.05) is 12.1 Å². The molecule has 2 aromatic heterocycles. The number of nitrogens with one attached hydrogen (secondary N) is 1. The minimum Gasteiger partial charge on any atom is -0.345 e. The third-order valence-corrected chi connectivity index (χ3v) is 5.61. The molecule has 1 N–H and O–H groups in total.